The molecule has 0 saturated carbocycles. The van der Waals surface area contributed by atoms with Gasteiger partial charge in [-0.1, -0.05) is 200 Å². The van der Waals surface area contributed by atoms with Crippen molar-refractivity contribution < 1.29 is 0 Å². The van der Waals surface area contributed by atoms with Crippen molar-refractivity contribution >= 4 is 130 Å². The van der Waals surface area contributed by atoms with Crippen LogP contribution >= 0.6 is 0 Å². The second-order valence-corrected chi connectivity index (χ2v) is 29.9. The van der Waals surface area contributed by atoms with Gasteiger partial charge in [-0.15, -0.1) is 0 Å². The average molecular weight is 1530 g/mol. The van der Waals surface area contributed by atoms with Gasteiger partial charge >= 0.3 is 0 Å². The van der Waals surface area contributed by atoms with Crippen molar-refractivity contribution in [3.05, 3.63) is 383 Å². The van der Waals surface area contributed by atoms with E-state index in [1.165, 1.54) is 70.2 Å². The third-order valence-electron chi connectivity index (χ3n) is 22.5. The van der Waals surface area contributed by atoms with E-state index >= 15 is 0 Å². The largest absolute Gasteiger partial charge is 0.248 e. The predicted molar refractivity (Wildman–Crippen MR) is 485 cm³/mol. The van der Waals surface area contributed by atoms with Gasteiger partial charge in [0.05, 0.1) is 104 Å². The molecule has 0 spiro atoms. The maximum atomic E-state index is 5.18. The number of pyridine rings is 3. The molecule has 120 heavy (non-hydrogen) atoms. The molecule has 0 fully saturated rings. The summed E-state index contributed by atoms with van der Waals surface area (Å²) >= 11 is 0. The fraction of sp³-hybridized carbons (Fsp3) is 0. The van der Waals surface area contributed by atoms with Gasteiger partial charge in [-0.3, -0.25) is 0 Å². The molecular weight excluding hydrogens is 1470 g/mol. The van der Waals surface area contributed by atoms with Gasteiger partial charge in [0.25, 0.3) is 0 Å². The maximum Gasteiger partial charge on any atom is 0.0936 e. The highest BCUT2D eigenvalue weighted by molar-refractivity contribution is 6.14. The monoisotopic (exact) mass is 1530 g/mol. The van der Waals surface area contributed by atoms with Gasteiger partial charge in [-0.25, -0.2) is 15.0 Å². The molecular formula is C105H63N15. The van der Waals surface area contributed by atoms with E-state index in [4.69, 9.17) is 15.0 Å². The minimum atomic E-state index is 0.838. The molecule has 0 unspecified atom stereocenters. The molecule has 0 saturated heterocycles. The zero-order valence-corrected chi connectivity index (χ0v) is 64.1. The Balaban J connectivity index is 0.000000108. The Kier molecular flexibility index (Phi) is 17.5. The summed E-state index contributed by atoms with van der Waals surface area (Å²) in [4.78, 5) is 15.4. The number of benzene rings is 15. The van der Waals surface area contributed by atoms with E-state index in [0.29, 0.717) is 0 Å². The summed E-state index contributed by atoms with van der Waals surface area (Å²) in [7, 11) is 0. The van der Waals surface area contributed by atoms with E-state index in [-0.39, 0.29) is 0 Å². The molecule has 558 valence electrons. The molecule has 15 heteroatoms. The van der Waals surface area contributed by atoms with Crippen LogP contribution in [0.15, 0.2) is 383 Å². The van der Waals surface area contributed by atoms with E-state index in [2.05, 4.69) is 371 Å². The number of hydrogen-bond acceptors (Lipinski definition) is 15. The van der Waals surface area contributed by atoms with Gasteiger partial charge in [0.1, 0.15) is 0 Å². The Morgan fingerprint density at radius 3 is 0.783 bits per heavy atom. The first kappa shape index (κ1) is 70.0. The molecule has 0 atom stereocenters. The molecule has 24 rings (SSSR count). The molecule has 0 bridgehead atoms. The Bertz CT molecular complexity index is 7860. The first-order valence-electron chi connectivity index (χ1n) is 39.5. The van der Waals surface area contributed by atoms with E-state index in [9.17, 15) is 0 Å². The fourth-order valence-electron chi connectivity index (χ4n) is 16.4. The zero-order chi connectivity index (χ0) is 79.4. The summed E-state index contributed by atoms with van der Waals surface area (Å²) in [6.45, 7) is 0. The number of hydrogen-bond donors (Lipinski definition) is 0. The second kappa shape index (κ2) is 30.0. The topological polar surface area (TPSA) is 193 Å². The normalized spacial score (nSPS) is 11.5. The molecule has 15 aromatic carbocycles. The molecule has 0 aliphatic rings. The Labute approximate surface area is 685 Å². The lowest BCUT2D eigenvalue weighted by Crippen LogP contribution is -1.94. The standard InChI is InChI=1S/3C35H21N5/c1-3-7-29-24(5-1)17-25-6-2-4-8-30(25)35(29)28-20-31(26-11-9-22-13-15-36-39-33(22)18-26)38-32(21-28)27-12-10-23-14-16-37-40-34(23)19-27;1-2-5-25-17-31-26(16-24(25)4-1)6-3-7-30(31)29-20-32(27-10-8-22-12-14-36-39-34(22)18-27)38-33(21-29)28-11-9-23-13-15-37-40-35(23)19-28;1-2-4-25-16-30-17-27(8-7-26(30)15-24(25)3-1)31-20-32(28-9-5-22-11-13-36-39-34(22)18-28)38-33(21-31)29-10-6-23-12-14-37-40-35(23)19-29/h3*1-21H. The van der Waals surface area contributed by atoms with Gasteiger partial charge in [0.2, 0.25) is 0 Å². The Morgan fingerprint density at radius 1 is 0.142 bits per heavy atom. The van der Waals surface area contributed by atoms with Crippen LogP contribution in [0.1, 0.15) is 0 Å². The second-order valence-electron chi connectivity index (χ2n) is 29.9. The van der Waals surface area contributed by atoms with Crippen molar-refractivity contribution in [1.29, 1.82) is 0 Å². The lowest BCUT2D eigenvalue weighted by molar-refractivity contribution is 1.08. The summed E-state index contributed by atoms with van der Waals surface area (Å²) in [5.74, 6) is 0. The molecule has 9 heterocycles. The van der Waals surface area contributed by atoms with Crippen molar-refractivity contribution in [2.45, 2.75) is 0 Å². The van der Waals surface area contributed by atoms with Crippen LogP contribution in [0.5, 0.6) is 0 Å². The zero-order valence-electron chi connectivity index (χ0n) is 64.1. The van der Waals surface area contributed by atoms with Crippen LogP contribution in [0.2, 0.25) is 0 Å². The van der Waals surface area contributed by atoms with Crippen LogP contribution in [0.4, 0.5) is 0 Å². The molecule has 0 N–H and O–H groups in total. The molecule has 0 amide bonds. The Hall–Kier alpha value is -16.7. The summed E-state index contributed by atoms with van der Waals surface area (Å²) in [5, 5.41) is 71.4. The van der Waals surface area contributed by atoms with E-state index in [1.54, 1.807) is 37.2 Å². The van der Waals surface area contributed by atoms with Crippen molar-refractivity contribution in [3.8, 4) is 101 Å². The van der Waals surface area contributed by atoms with Crippen molar-refractivity contribution in [1.82, 2.24) is 76.1 Å². The van der Waals surface area contributed by atoms with Crippen LogP contribution < -0.4 is 0 Å². The van der Waals surface area contributed by atoms with Gasteiger partial charge in [0, 0.05) is 65.7 Å². The van der Waals surface area contributed by atoms with E-state index in [0.717, 1.165) is 161 Å². The number of fused-ring (bicyclic) bond motifs is 12. The molecule has 0 aliphatic carbocycles. The van der Waals surface area contributed by atoms with Crippen LogP contribution in [0.3, 0.4) is 0 Å². The molecule has 24 aromatic rings. The minimum absolute atomic E-state index is 0.838. The first-order valence-corrected chi connectivity index (χ1v) is 39.5. The van der Waals surface area contributed by atoms with Gasteiger partial charge in [0.15, 0.2) is 0 Å². The lowest BCUT2D eigenvalue weighted by atomic mass is 9.90. The third-order valence-corrected chi connectivity index (χ3v) is 22.5. The van der Waals surface area contributed by atoms with E-state index < -0.39 is 0 Å². The average Bonchev–Trinajstić information content (AvgIpc) is 0.756. The summed E-state index contributed by atoms with van der Waals surface area (Å²) in [5.41, 5.74) is 23.0. The molecule has 0 radical (unpaired) electrons. The van der Waals surface area contributed by atoms with Gasteiger partial charge < -0.3 is 0 Å². The highest BCUT2D eigenvalue weighted by Gasteiger charge is 2.19. The van der Waals surface area contributed by atoms with E-state index in [1.807, 2.05) is 36.4 Å². The van der Waals surface area contributed by atoms with Crippen molar-refractivity contribution in [3.63, 3.8) is 0 Å². The summed E-state index contributed by atoms with van der Waals surface area (Å²) in [6.07, 6.45) is 10.3. The van der Waals surface area contributed by atoms with Crippen LogP contribution in [0.25, 0.3) is 231 Å². The third kappa shape index (κ3) is 13.6. The number of rotatable bonds is 9. The number of nitrogens with zero attached hydrogens (tertiary/aromatic N) is 15. The summed E-state index contributed by atoms with van der Waals surface area (Å²) < 4.78 is 0. The quantitative estimate of drug-likeness (QED) is 0.124. The van der Waals surface area contributed by atoms with Gasteiger partial charge in [-0.05, 0) is 244 Å². The number of aromatic nitrogens is 15. The highest BCUT2D eigenvalue weighted by atomic mass is 15.1. The van der Waals surface area contributed by atoms with Crippen LogP contribution in [-0.4, -0.2) is 76.1 Å². The van der Waals surface area contributed by atoms with Gasteiger partial charge in [-0.2, -0.15) is 61.2 Å². The summed E-state index contributed by atoms with van der Waals surface area (Å²) in [6, 6.07) is 121. The predicted octanol–water partition coefficient (Wildman–Crippen LogP) is 24.8. The lowest BCUT2D eigenvalue weighted by Gasteiger charge is -2.15. The van der Waals surface area contributed by atoms with Crippen LogP contribution in [0, 0.1) is 0 Å². The fourth-order valence-corrected chi connectivity index (χ4v) is 16.4. The minimum Gasteiger partial charge on any atom is -0.248 e. The van der Waals surface area contributed by atoms with Crippen molar-refractivity contribution in [2.24, 2.45) is 0 Å². The highest BCUT2D eigenvalue weighted by Crippen LogP contribution is 2.43. The SMILES string of the molecule is c1ccc2c(-c3cc(-c4ccc5ccnnc5c4)nc(-c4ccc5ccnnc5c4)c3)c3ccccc3cc2c1.c1ccc2cc3c(-c4cc(-c5ccc6ccnnc6c5)nc(-c5ccc6ccnnc6c5)c4)cccc3cc2c1.c1ccc2cc3cc(-c4cc(-c5ccc6ccnnc6c5)nc(-c5ccc6ccnnc6c5)c4)ccc3cc2c1. The molecule has 0 aliphatic heterocycles. The first-order chi connectivity index (χ1) is 59.3. The molecule has 9 aromatic heterocycles. The molecule has 15 nitrogen and oxygen atoms in total. The smallest absolute Gasteiger partial charge is 0.0936 e. The van der Waals surface area contributed by atoms with Crippen molar-refractivity contribution in [2.75, 3.05) is 0 Å². The maximum absolute atomic E-state index is 5.18. The Morgan fingerprint density at radius 2 is 0.408 bits per heavy atom. The van der Waals surface area contributed by atoms with Crippen LogP contribution in [-0.2, 0) is 0 Å².